The minimum absolute atomic E-state index is 0.0980. The van der Waals surface area contributed by atoms with Crippen LogP contribution < -0.4 is 10.9 Å². The largest absolute Gasteiger partial charge is 0.350 e. The molecular formula is C17H18N4O2. The average molecular weight is 310 g/mol. The molecule has 6 nitrogen and oxygen atoms in total. The van der Waals surface area contributed by atoms with Crippen molar-refractivity contribution in [3.8, 4) is 6.07 Å². The van der Waals surface area contributed by atoms with Gasteiger partial charge >= 0.3 is 0 Å². The number of pyridine rings is 2. The number of nitrogens with zero attached hydrogens (tertiary/aromatic N) is 2. The zero-order valence-corrected chi connectivity index (χ0v) is 13.1. The van der Waals surface area contributed by atoms with Gasteiger partial charge in [0, 0.05) is 18.3 Å². The maximum Gasteiger partial charge on any atom is 0.266 e. The Morgan fingerprint density at radius 3 is 2.83 bits per heavy atom. The Kier molecular flexibility index (Phi) is 5.26. The zero-order valence-electron chi connectivity index (χ0n) is 13.1. The van der Waals surface area contributed by atoms with Crippen molar-refractivity contribution >= 4 is 5.91 Å². The maximum atomic E-state index is 12.0. The monoisotopic (exact) mass is 310 g/mol. The summed E-state index contributed by atoms with van der Waals surface area (Å²) in [6.07, 6.45) is 2.43. The molecule has 0 saturated carbocycles. The van der Waals surface area contributed by atoms with Gasteiger partial charge < -0.3 is 10.3 Å². The number of amides is 1. The van der Waals surface area contributed by atoms with E-state index < -0.39 is 0 Å². The first kappa shape index (κ1) is 16.4. The van der Waals surface area contributed by atoms with Crippen molar-refractivity contribution in [2.24, 2.45) is 0 Å². The highest BCUT2D eigenvalue weighted by Crippen LogP contribution is 2.14. The molecule has 1 amide bonds. The average Bonchev–Trinajstić information content (AvgIpc) is 2.53. The van der Waals surface area contributed by atoms with E-state index in [1.54, 1.807) is 20.0 Å². The number of nitriles is 1. The highest BCUT2D eigenvalue weighted by Gasteiger charge is 2.13. The van der Waals surface area contributed by atoms with Gasteiger partial charge in [0.1, 0.15) is 11.6 Å². The third-order valence-electron chi connectivity index (χ3n) is 3.72. The van der Waals surface area contributed by atoms with Crippen molar-refractivity contribution in [2.45, 2.75) is 33.2 Å². The molecular weight excluding hydrogens is 292 g/mol. The third kappa shape index (κ3) is 4.04. The molecule has 2 aromatic rings. The summed E-state index contributed by atoms with van der Waals surface area (Å²) in [5.41, 5.74) is 2.71. The van der Waals surface area contributed by atoms with Gasteiger partial charge in [0.05, 0.1) is 12.2 Å². The number of carbonyl (C=O) groups is 1. The second-order valence-electron chi connectivity index (χ2n) is 5.27. The fraction of sp³-hybridized carbons (Fsp3) is 0.294. The minimum Gasteiger partial charge on any atom is -0.350 e. The van der Waals surface area contributed by atoms with Crippen LogP contribution in [0.5, 0.6) is 0 Å². The van der Waals surface area contributed by atoms with E-state index in [4.69, 9.17) is 5.26 Å². The molecule has 0 bridgehead atoms. The molecule has 0 unspecified atom stereocenters. The van der Waals surface area contributed by atoms with E-state index in [1.165, 1.54) is 0 Å². The summed E-state index contributed by atoms with van der Waals surface area (Å²) in [6.45, 7) is 3.89. The molecule has 0 radical (unpaired) electrons. The molecule has 23 heavy (non-hydrogen) atoms. The van der Waals surface area contributed by atoms with Crippen molar-refractivity contribution < 1.29 is 4.79 Å². The van der Waals surface area contributed by atoms with Crippen LogP contribution in [-0.2, 0) is 17.8 Å². The van der Waals surface area contributed by atoms with Gasteiger partial charge in [0.15, 0.2) is 0 Å². The van der Waals surface area contributed by atoms with Crippen LogP contribution in [0.2, 0.25) is 0 Å². The molecule has 0 fully saturated rings. The molecule has 0 aliphatic carbocycles. The van der Waals surface area contributed by atoms with Crippen LogP contribution in [0.3, 0.4) is 0 Å². The molecule has 2 heterocycles. The minimum atomic E-state index is -0.383. The smallest absolute Gasteiger partial charge is 0.266 e. The zero-order chi connectivity index (χ0) is 16.8. The Hall–Kier alpha value is -2.94. The Morgan fingerprint density at radius 2 is 2.17 bits per heavy atom. The molecule has 0 saturated heterocycles. The molecule has 0 spiro atoms. The van der Waals surface area contributed by atoms with Crippen LogP contribution >= 0.6 is 0 Å². The molecule has 0 aliphatic rings. The molecule has 2 aromatic heterocycles. The van der Waals surface area contributed by atoms with Gasteiger partial charge in [0.2, 0.25) is 5.91 Å². The fourth-order valence-electron chi connectivity index (χ4n) is 2.44. The van der Waals surface area contributed by atoms with Gasteiger partial charge in [-0.15, -0.1) is 0 Å². The van der Waals surface area contributed by atoms with Crippen LogP contribution in [0.4, 0.5) is 0 Å². The number of rotatable bonds is 5. The van der Waals surface area contributed by atoms with E-state index in [2.05, 4.69) is 15.3 Å². The maximum absolute atomic E-state index is 12.0. The Balaban J connectivity index is 2.00. The number of carbonyl (C=O) groups excluding carboxylic acids is 1. The van der Waals surface area contributed by atoms with Crippen LogP contribution in [-0.4, -0.2) is 15.9 Å². The number of nitrogens with one attached hydrogen (secondary N) is 2. The summed E-state index contributed by atoms with van der Waals surface area (Å²) in [5, 5.41) is 11.9. The SMILES string of the molecule is Cc1[nH]c(=O)c(C#N)c(C)c1CCC(=O)NCc1ccccn1. The van der Waals surface area contributed by atoms with Crippen LogP contribution in [0.1, 0.15) is 34.5 Å². The molecule has 118 valence electrons. The standard InChI is InChI=1S/C17H18N4O2/c1-11-14(12(2)21-17(23)15(11)9-18)6-7-16(22)20-10-13-5-3-4-8-19-13/h3-5,8H,6-7,10H2,1-2H3,(H,20,22)(H,21,23). The molecule has 0 atom stereocenters. The van der Waals surface area contributed by atoms with Crippen LogP contribution in [0.25, 0.3) is 0 Å². The fourth-order valence-corrected chi connectivity index (χ4v) is 2.44. The summed E-state index contributed by atoms with van der Waals surface area (Å²) in [7, 11) is 0. The topological polar surface area (TPSA) is 98.6 Å². The molecule has 0 aromatic carbocycles. The number of aromatic nitrogens is 2. The molecule has 6 heteroatoms. The van der Waals surface area contributed by atoms with E-state index in [9.17, 15) is 9.59 Å². The predicted octanol–water partition coefficient (Wildman–Crippen LogP) is 1.51. The number of aromatic amines is 1. The van der Waals surface area contributed by atoms with Gasteiger partial charge in [-0.1, -0.05) is 6.07 Å². The number of hydrogen-bond donors (Lipinski definition) is 2. The van der Waals surface area contributed by atoms with Crippen molar-refractivity contribution in [3.63, 3.8) is 0 Å². The van der Waals surface area contributed by atoms with E-state index in [1.807, 2.05) is 24.3 Å². The highest BCUT2D eigenvalue weighted by molar-refractivity contribution is 5.76. The first-order valence-corrected chi connectivity index (χ1v) is 7.32. The summed E-state index contributed by atoms with van der Waals surface area (Å²) < 4.78 is 0. The second kappa shape index (κ2) is 7.36. The summed E-state index contributed by atoms with van der Waals surface area (Å²) in [6, 6.07) is 7.44. The molecule has 2 N–H and O–H groups in total. The first-order valence-electron chi connectivity index (χ1n) is 7.32. The third-order valence-corrected chi connectivity index (χ3v) is 3.72. The molecule has 0 aliphatic heterocycles. The van der Waals surface area contributed by atoms with E-state index in [-0.39, 0.29) is 23.5 Å². The summed E-state index contributed by atoms with van der Waals surface area (Å²) >= 11 is 0. The Labute approximate surface area is 134 Å². The lowest BCUT2D eigenvalue weighted by Crippen LogP contribution is -2.24. The van der Waals surface area contributed by atoms with E-state index in [0.717, 1.165) is 11.3 Å². The van der Waals surface area contributed by atoms with Gasteiger partial charge in [-0.25, -0.2) is 0 Å². The second-order valence-corrected chi connectivity index (χ2v) is 5.27. The van der Waals surface area contributed by atoms with Gasteiger partial charge in [-0.3, -0.25) is 14.6 Å². The lowest BCUT2D eigenvalue weighted by molar-refractivity contribution is -0.121. The number of aryl methyl sites for hydroxylation is 1. The predicted molar refractivity (Wildman–Crippen MR) is 85.7 cm³/mol. The van der Waals surface area contributed by atoms with Crippen molar-refractivity contribution in [1.29, 1.82) is 5.26 Å². The first-order chi connectivity index (χ1) is 11.0. The normalized spacial score (nSPS) is 10.1. The summed E-state index contributed by atoms with van der Waals surface area (Å²) in [5.74, 6) is -0.0980. The highest BCUT2D eigenvalue weighted by atomic mass is 16.1. The summed E-state index contributed by atoms with van der Waals surface area (Å²) in [4.78, 5) is 30.4. The van der Waals surface area contributed by atoms with Crippen molar-refractivity contribution in [3.05, 3.63) is 62.8 Å². The number of hydrogen-bond acceptors (Lipinski definition) is 4. The Morgan fingerprint density at radius 1 is 1.39 bits per heavy atom. The lowest BCUT2D eigenvalue weighted by atomic mass is 9.99. The van der Waals surface area contributed by atoms with E-state index in [0.29, 0.717) is 24.2 Å². The lowest BCUT2D eigenvalue weighted by Gasteiger charge is -2.11. The molecule has 2 rings (SSSR count). The van der Waals surface area contributed by atoms with Crippen molar-refractivity contribution in [1.82, 2.24) is 15.3 Å². The number of H-pyrrole nitrogens is 1. The van der Waals surface area contributed by atoms with Gasteiger partial charge in [0.25, 0.3) is 5.56 Å². The Bertz CT molecular complexity index is 804. The van der Waals surface area contributed by atoms with Gasteiger partial charge in [-0.05, 0) is 43.5 Å². The van der Waals surface area contributed by atoms with E-state index >= 15 is 0 Å². The van der Waals surface area contributed by atoms with Crippen LogP contribution in [0.15, 0.2) is 29.2 Å². The van der Waals surface area contributed by atoms with Gasteiger partial charge in [-0.2, -0.15) is 5.26 Å². The quantitative estimate of drug-likeness (QED) is 0.874. The van der Waals surface area contributed by atoms with Crippen LogP contribution in [0, 0.1) is 25.2 Å². The van der Waals surface area contributed by atoms with Crippen molar-refractivity contribution in [2.75, 3.05) is 0 Å².